The molecule has 6 heteroatoms. The highest BCUT2D eigenvalue weighted by molar-refractivity contribution is 5.65. The van der Waals surface area contributed by atoms with Gasteiger partial charge in [-0.3, -0.25) is 20.2 Å². The topological polar surface area (TPSA) is 86.3 Å². The summed E-state index contributed by atoms with van der Waals surface area (Å²) < 4.78 is 0. The van der Waals surface area contributed by atoms with E-state index in [1.807, 2.05) is 27.7 Å². The molecule has 0 unspecified atom stereocenters. The molecule has 0 amide bonds. The van der Waals surface area contributed by atoms with E-state index in [9.17, 15) is 20.2 Å². The van der Waals surface area contributed by atoms with Crippen molar-refractivity contribution in [1.29, 1.82) is 0 Å². The van der Waals surface area contributed by atoms with Crippen molar-refractivity contribution in [1.82, 2.24) is 0 Å². The van der Waals surface area contributed by atoms with Gasteiger partial charge in [-0.15, -0.1) is 0 Å². The maximum Gasteiger partial charge on any atom is 0.283 e. The molecule has 0 saturated carbocycles. The Hall–Kier alpha value is -1.98. The zero-order valence-electron chi connectivity index (χ0n) is 13.9. The second kappa shape index (κ2) is 4.76. The minimum Gasteiger partial charge on any atom is -0.258 e. The lowest BCUT2D eigenvalue weighted by molar-refractivity contribution is -0.396. The van der Waals surface area contributed by atoms with Crippen LogP contribution in [0, 0.1) is 33.1 Å². The third-order valence-corrected chi connectivity index (χ3v) is 5.33. The number of nitro benzene ring substituents is 2. The van der Waals surface area contributed by atoms with Crippen molar-refractivity contribution >= 4 is 11.4 Å². The van der Waals surface area contributed by atoms with E-state index in [-0.39, 0.29) is 28.3 Å². The summed E-state index contributed by atoms with van der Waals surface area (Å²) in [5.74, 6) is 0.245. The molecule has 0 radical (unpaired) electrons. The third kappa shape index (κ3) is 2.17. The third-order valence-electron chi connectivity index (χ3n) is 5.33. The zero-order chi connectivity index (χ0) is 17.0. The highest BCUT2D eigenvalue weighted by Crippen LogP contribution is 2.54. The number of hydrogen-bond acceptors (Lipinski definition) is 4. The van der Waals surface area contributed by atoms with E-state index in [0.717, 1.165) is 12.0 Å². The van der Waals surface area contributed by atoms with Crippen LogP contribution in [-0.4, -0.2) is 9.85 Å². The molecule has 0 saturated heterocycles. The summed E-state index contributed by atoms with van der Waals surface area (Å²) in [5.41, 5.74) is 0.564. The second-order valence-electron chi connectivity index (χ2n) is 7.52. The Kier molecular flexibility index (Phi) is 3.55. The van der Waals surface area contributed by atoms with E-state index in [0.29, 0.717) is 5.56 Å². The van der Waals surface area contributed by atoms with Gasteiger partial charge in [0, 0.05) is 11.6 Å². The molecule has 22 heavy (non-hydrogen) atoms. The number of rotatable bonds is 2. The van der Waals surface area contributed by atoms with Crippen molar-refractivity contribution < 1.29 is 9.85 Å². The Morgan fingerprint density at radius 1 is 1.14 bits per heavy atom. The van der Waals surface area contributed by atoms with Gasteiger partial charge in [0.05, 0.1) is 9.85 Å². The molecule has 0 bridgehead atoms. The van der Waals surface area contributed by atoms with Gasteiger partial charge < -0.3 is 0 Å². The highest BCUT2D eigenvalue weighted by atomic mass is 16.6. The van der Waals surface area contributed by atoms with Crippen molar-refractivity contribution in [3.8, 4) is 0 Å². The Bertz CT molecular complexity index is 677. The van der Waals surface area contributed by atoms with Crippen LogP contribution in [0.4, 0.5) is 11.4 Å². The van der Waals surface area contributed by atoms with Crippen LogP contribution in [0.3, 0.4) is 0 Å². The van der Waals surface area contributed by atoms with Crippen LogP contribution in [0.15, 0.2) is 6.07 Å². The zero-order valence-corrected chi connectivity index (χ0v) is 13.9. The van der Waals surface area contributed by atoms with E-state index in [1.165, 1.54) is 6.92 Å². The minimum atomic E-state index is -0.524. The summed E-state index contributed by atoms with van der Waals surface area (Å²) in [7, 11) is 0. The molecule has 1 atom stereocenters. The van der Waals surface area contributed by atoms with Crippen molar-refractivity contribution in [2.45, 2.75) is 58.8 Å². The van der Waals surface area contributed by atoms with Gasteiger partial charge in [0.15, 0.2) is 0 Å². The first-order valence-corrected chi connectivity index (χ1v) is 7.38. The molecule has 1 aliphatic rings. The molecule has 0 heterocycles. The van der Waals surface area contributed by atoms with Crippen LogP contribution in [0.1, 0.15) is 57.7 Å². The Labute approximate surface area is 129 Å². The SMILES string of the molecule is Cc1c([N+](=O)[O-])cc2c(c1[N+](=O)[O-])C(C)(C)[C@H](C)CC2(C)C. The van der Waals surface area contributed by atoms with Crippen LogP contribution in [0.2, 0.25) is 0 Å². The Morgan fingerprint density at radius 3 is 2.14 bits per heavy atom. The lowest BCUT2D eigenvalue weighted by Crippen LogP contribution is -2.41. The van der Waals surface area contributed by atoms with E-state index >= 15 is 0 Å². The van der Waals surface area contributed by atoms with Gasteiger partial charge in [-0.2, -0.15) is 0 Å². The van der Waals surface area contributed by atoms with Gasteiger partial charge in [-0.25, -0.2) is 0 Å². The summed E-state index contributed by atoms with van der Waals surface area (Å²) in [5, 5.41) is 23.0. The van der Waals surface area contributed by atoms with Crippen LogP contribution in [-0.2, 0) is 10.8 Å². The van der Waals surface area contributed by atoms with Crippen LogP contribution >= 0.6 is 0 Å². The average Bonchev–Trinajstić information content (AvgIpc) is 2.34. The fraction of sp³-hybridized carbons (Fsp3) is 0.625. The maximum absolute atomic E-state index is 11.7. The molecule has 0 aromatic heterocycles. The van der Waals surface area contributed by atoms with Gasteiger partial charge in [0.1, 0.15) is 5.56 Å². The van der Waals surface area contributed by atoms with Crippen molar-refractivity contribution in [2.24, 2.45) is 5.92 Å². The van der Waals surface area contributed by atoms with Crippen LogP contribution < -0.4 is 0 Å². The molecule has 2 rings (SSSR count). The molecular formula is C16H22N2O4. The van der Waals surface area contributed by atoms with Gasteiger partial charge in [0.2, 0.25) is 0 Å². The molecule has 0 fully saturated rings. The molecule has 1 aliphatic carbocycles. The maximum atomic E-state index is 11.7. The first-order valence-electron chi connectivity index (χ1n) is 7.38. The smallest absolute Gasteiger partial charge is 0.258 e. The van der Waals surface area contributed by atoms with Gasteiger partial charge >= 0.3 is 0 Å². The Balaban J connectivity index is 3.00. The number of nitro groups is 2. The number of nitrogens with zero attached hydrogens (tertiary/aromatic N) is 2. The molecule has 6 nitrogen and oxygen atoms in total. The molecule has 120 valence electrons. The number of hydrogen-bond donors (Lipinski definition) is 0. The van der Waals surface area contributed by atoms with Crippen molar-refractivity contribution in [3.05, 3.63) is 43.0 Å². The molecule has 0 aliphatic heterocycles. The second-order valence-corrected chi connectivity index (χ2v) is 7.52. The number of benzene rings is 1. The standard InChI is InChI=1S/C16H22N2O4/c1-9-8-15(3,4)11-7-12(17(19)20)10(2)14(18(21)22)13(11)16(9,5)6/h7,9H,8H2,1-6H3/t9-/m1/s1. The normalized spacial score (nSPS) is 22.0. The minimum absolute atomic E-state index is 0.0891. The summed E-state index contributed by atoms with van der Waals surface area (Å²) >= 11 is 0. The van der Waals surface area contributed by atoms with E-state index in [2.05, 4.69) is 6.92 Å². The summed E-state index contributed by atoms with van der Waals surface area (Å²) in [4.78, 5) is 22.0. The summed E-state index contributed by atoms with van der Waals surface area (Å²) in [6.45, 7) is 11.5. The van der Waals surface area contributed by atoms with Gasteiger partial charge in [0.25, 0.3) is 11.4 Å². The summed E-state index contributed by atoms with van der Waals surface area (Å²) in [6.07, 6.45) is 0.838. The van der Waals surface area contributed by atoms with Crippen molar-refractivity contribution in [3.63, 3.8) is 0 Å². The number of fused-ring (bicyclic) bond motifs is 1. The van der Waals surface area contributed by atoms with Crippen molar-refractivity contribution in [2.75, 3.05) is 0 Å². The lowest BCUT2D eigenvalue weighted by atomic mass is 9.57. The fourth-order valence-electron chi connectivity index (χ4n) is 3.73. The molecule has 1 aromatic rings. The van der Waals surface area contributed by atoms with E-state index in [1.54, 1.807) is 6.07 Å². The van der Waals surface area contributed by atoms with Crippen LogP contribution in [0.25, 0.3) is 0 Å². The van der Waals surface area contributed by atoms with Gasteiger partial charge in [-0.1, -0.05) is 34.6 Å². The average molecular weight is 306 g/mol. The fourth-order valence-corrected chi connectivity index (χ4v) is 3.73. The van der Waals surface area contributed by atoms with E-state index < -0.39 is 15.3 Å². The first-order chi connectivity index (χ1) is 9.91. The highest BCUT2D eigenvalue weighted by Gasteiger charge is 2.48. The first kappa shape index (κ1) is 16.4. The Morgan fingerprint density at radius 2 is 1.68 bits per heavy atom. The molecular weight excluding hydrogens is 284 g/mol. The van der Waals surface area contributed by atoms with Crippen LogP contribution in [0.5, 0.6) is 0 Å². The summed E-state index contributed by atoms with van der Waals surface area (Å²) in [6, 6.07) is 1.55. The molecule has 0 spiro atoms. The quantitative estimate of drug-likeness (QED) is 0.598. The predicted molar refractivity (Wildman–Crippen MR) is 84.3 cm³/mol. The lowest BCUT2D eigenvalue weighted by Gasteiger charge is -2.45. The predicted octanol–water partition coefficient (Wildman–Crippen LogP) is 4.41. The van der Waals surface area contributed by atoms with E-state index in [4.69, 9.17) is 0 Å². The molecule has 1 aromatic carbocycles. The largest absolute Gasteiger partial charge is 0.283 e. The molecule has 0 N–H and O–H groups in total. The monoisotopic (exact) mass is 306 g/mol. The van der Waals surface area contributed by atoms with Gasteiger partial charge in [-0.05, 0) is 35.7 Å².